The second-order valence-electron chi connectivity index (χ2n) is 7.09. The highest BCUT2D eigenvalue weighted by atomic mass is 32.2. The van der Waals surface area contributed by atoms with E-state index in [1.165, 1.54) is 34.1 Å². The Kier molecular flexibility index (Phi) is 4.76. The van der Waals surface area contributed by atoms with Crippen LogP contribution >= 0.6 is 0 Å². The van der Waals surface area contributed by atoms with Crippen molar-refractivity contribution in [2.75, 3.05) is 13.1 Å². The molecule has 3 aromatic rings. The molecular weight excluding hydrogens is 390 g/mol. The van der Waals surface area contributed by atoms with Crippen LogP contribution in [0.15, 0.2) is 69.1 Å². The molecular formula is C21H21N3O4S. The van der Waals surface area contributed by atoms with E-state index in [1.54, 1.807) is 7.05 Å². The molecule has 150 valence electrons. The van der Waals surface area contributed by atoms with Crippen LogP contribution in [-0.2, 0) is 24.1 Å². The minimum absolute atomic E-state index is 0.0531. The lowest BCUT2D eigenvalue weighted by Crippen LogP contribution is -2.37. The zero-order chi connectivity index (χ0) is 20.8. The van der Waals surface area contributed by atoms with E-state index in [0.29, 0.717) is 18.5 Å². The van der Waals surface area contributed by atoms with E-state index < -0.39 is 21.3 Å². The molecule has 8 heteroatoms. The molecule has 7 nitrogen and oxygen atoms in total. The summed E-state index contributed by atoms with van der Waals surface area (Å²) in [7, 11) is -0.823. The standard InChI is InChI=1S/C21H21N3O4S/c1-22-19-9-8-17(14-18(19)20(25)23(2)21(22)26)29(27,28)24-12-10-16(11-13-24)15-6-4-3-5-7-15/h3-10,14H,11-13H2,1-2H3. The molecule has 0 radical (unpaired) electrons. The molecule has 0 saturated heterocycles. The van der Waals surface area contributed by atoms with Crippen LogP contribution in [0, 0.1) is 0 Å². The Morgan fingerprint density at radius 2 is 1.66 bits per heavy atom. The molecule has 0 bridgehead atoms. The Morgan fingerprint density at radius 1 is 0.931 bits per heavy atom. The van der Waals surface area contributed by atoms with Crippen molar-refractivity contribution in [2.24, 2.45) is 14.1 Å². The van der Waals surface area contributed by atoms with Gasteiger partial charge >= 0.3 is 5.69 Å². The Balaban J connectivity index is 1.71. The molecule has 0 aliphatic carbocycles. The van der Waals surface area contributed by atoms with Gasteiger partial charge in [-0.2, -0.15) is 4.31 Å². The van der Waals surface area contributed by atoms with Crippen LogP contribution in [0.4, 0.5) is 0 Å². The van der Waals surface area contributed by atoms with Crippen LogP contribution in [0.1, 0.15) is 12.0 Å². The Labute approximate surface area is 168 Å². The molecule has 0 N–H and O–H groups in total. The third kappa shape index (κ3) is 3.24. The van der Waals surface area contributed by atoms with Crippen molar-refractivity contribution in [3.8, 4) is 0 Å². The average Bonchev–Trinajstić information content (AvgIpc) is 2.76. The number of benzene rings is 2. The molecule has 0 amide bonds. The lowest BCUT2D eigenvalue weighted by atomic mass is 10.0. The van der Waals surface area contributed by atoms with Gasteiger partial charge < -0.3 is 0 Å². The molecule has 2 heterocycles. The summed E-state index contributed by atoms with van der Waals surface area (Å²) in [6.45, 7) is 0.641. The zero-order valence-corrected chi connectivity index (χ0v) is 17.0. The van der Waals surface area contributed by atoms with Gasteiger partial charge in [-0.1, -0.05) is 36.4 Å². The van der Waals surface area contributed by atoms with Crippen molar-refractivity contribution in [2.45, 2.75) is 11.3 Å². The van der Waals surface area contributed by atoms with Crippen LogP contribution in [-0.4, -0.2) is 34.9 Å². The van der Waals surface area contributed by atoms with Crippen LogP contribution in [0.5, 0.6) is 0 Å². The molecule has 1 aliphatic rings. The highest BCUT2D eigenvalue weighted by Gasteiger charge is 2.27. The summed E-state index contributed by atoms with van der Waals surface area (Å²) < 4.78 is 30.0. The minimum atomic E-state index is -3.76. The molecule has 0 saturated carbocycles. The van der Waals surface area contributed by atoms with Gasteiger partial charge in [-0.3, -0.25) is 13.9 Å². The number of aryl methyl sites for hydroxylation is 1. The van der Waals surface area contributed by atoms with Gasteiger partial charge in [-0.25, -0.2) is 13.2 Å². The maximum atomic E-state index is 13.1. The summed E-state index contributed by atoms with van der Waals surface area (Å²) in [6.07, 6.45) is 2.55. The first-order valence-electron chi connectivity index (χ1n) is 9.25. The molecule has 29 heavy (non-hydrogen) atoms. The van der Waals surface area contributed by atoms with Crippen LogP contribution in [0.25, 0.3) is 16.5 Å². The van der Waals surface area contributed by atoms with E-state index in [0.717, 1.165) is 15.7 Å². The van der Waals surface area contributed by atoms with Gasteiger partial charge in [0.15, 0.2) is 0 Å². The van der Waals surface area contributed by atoms with Gasteiger partial charge in [0.1, 0.15) is 0 Å². The number of fused-ring (bicyclic) bond motifs is 1. The number of hydrogen-bond acceptors (Lipinski definition) is 4. The van der Waals surface area contributed by atoms with Crippen LogP contribution in [0.2, 0.25) is 0 Å². The van der Waals surface area contributed by atoms with Crippen molar-refractivity contribution in [3.05, 3.63) is 81.0 Å². The molecule has 0 spiro atoms. The van der Waals surface area contributed by atoms with E-state index in [9.17, 15) is 18.0 Å². The van der Waals surface area contributed by atoms with Gasteiger partial charge in [0.2, 0.25) is 10.0 Å². The first-order valence-corrected chi connectivity index (χ1v) is 10.7. The Morgan fingerprint density at radius 3 is 2.31 bits per heavy atom. The van der Waals surface area contributed by atoms with Crippen LogP contribution < -0.4 is 11.2 Å². The number of rotatable bonds is 3. The fourth-order valence-electron chi connectivity index (χ4n) is 3.67. The number of hydrogen-bond donors (Lipinski definition) is 0. The second kappa shape index (κ2) is 7.13. The van der Waals surface area contributed by atoms with Crippen molar-refractivity contribution >= 4 is 26.5 Å². The SMILES string of the molecule is Cn1c(=O)c2cc(S(=O)(=O)N3CC=C(c4ccccc4)CC3)ccc2n(C)c1=O. The Hall–Kier alpha value is -2.97. The van der Waals surface area contributed by atoms with Crippen molar-refractivity contribution in [1.82, 2.24) is 13.4 Å². The number of aromatic nitrogens is 2. The van der Waals surface area contributed by atoms with E-state index in [1.807, 2.05) is 36.4 Å². The van der Waals surface area contributed by atoms with Gasteiger partial charge in [0.25, 0.3) is 5.56 Å². The smallest absolute Gasteiger partial charge is 0.296 e. The lowest BCUT2D eigenvalue weighted by molar-refractivity contribution is 0.441. The maximum absolute atomic E-state index is 13.1. The van der Waals surface area contributed by atoms with E-state index in [2.05, 4.69) is 0 Å². The van der Waals surface area contributed by atoms with Gasteiger partial charge in [0, 0.05) is 27.2 Å². The zero-order valence-electron chi connectivity index (χ0n) is 16.2. The van der Waals surface area contributed by atoms with Crippen LogP contribution in [0.3, 0.4) is 0 Å². The summed E-state index contributed by atoms with van der Waals surface area (Å²) in [5.74, 6) is 0. The fraction of sp³-hybridized carbons (Fsp3) is 0.238. The summed E-state index contributed by atoms with van der Waals surface area (Å²) in [6, 6.07) is 14.2. The monoisotopic (exact) mass is 411 g/mol. The van der Waals surface area contributed by atoms with Gasteiger partial charge in [-0.05, 0) is 35.8 Å². The van der Waals surface area contributed by atoms with E-state index >= 15 is 0 Å². The lowest BCUT2D eigenvalue weighted by Gasteiger charge is -2.26. The summed E-state index contributed by atoms with van der Waals surface area (Å²) in [4.78, 5) is 24.6. The van der Waals surface area contributed by atoms with Crippen molar-refractivity contribution < 1.29 is 8.42 Å². The van der Waals surface area contributed by atoms with Gasteiger partial charge in [0.05, 0.1) is 15.8 Å². The fourth-order valence-corrected chi connectivity index (χ4v) is 5.07. The first-order chi connectivity index (χ1) is 13.8. The second-order valence-corrected chi connectivity index (χ2v) is 9.03. The highest BCUT2D eigenvalue weighted by Crippen LogP contribution is 2.26. The number of sulfonamides is 1. The topological polar surface area (TPSA) is 81.4 Å². The first kappa shape index (κ1) is 19.4. The summed E-state index contributed by atoms with van der Waals surface area (Å²) in [5, 5.41) is 0.202. The maximum Gasteiger partial charge on any atom is 0.330 e. The quantitative estimate of drug-likeness (QED) is 0.657. The van der Waals surface area contributed by atoms with E-state index in [-0.39, 0.29) is 16.8 Å². The van der Waals surface area contributed by atoms with E-state index in [4.69, 9.17) is 0 Å². The summed E-state index contributed by atoms with van der Waals surface area (Å²) >= 11 is 0. The molecule has 0 atom stereocenters. The highest BCUT2D eigenvalue weighted by molar-refractivity contribution is 7.89. The molecule has 1 aromatic heterocycles. The normalized spacial score (nSPS) is 15.4. The van der Waals surface area contributed by atoms with Gasteiger partial charge in [-0.15, -0.1) is 0 Å². The number of nitrogens with zero attached hydrogens (tertiary/aromatic N) is 3. The van der Waals surface area contributed by atoms with Crippen molar-refractivity contribution in [3.63, 3.8) is 0 Å². The third-order valence-corrected chi connectivity index (χ3v) is 7.25. The minimum Gasteiger partial charge on any atom is -0.296 e. The molecule has 0 unspecified atom stereocenters. The molecule has 1 aliphatic heterocycles. The molecule has 4 rings (SSSR count). The predicted octanol–water partition coefficient (Wildman–Crippen LogP) is 1.72. The molecule has 2 aromatic carbocycles. The predicted molar refractivity (Wildman–Crippen MR) is 112 cm³/mol. The third-order valence-electron chi connectivity index (χ3n) is 5.39. The summed E-state index contributed by atoms with van der Waals surface area (Å²) in [5.41, 5.74) is 1.67. The van der Waals surface area contributed by atoms with Crippen molar-refractivity contribution in [1.29, 1.82) is 0 Å². The molecule has 0 fully saturated rings. The largest absolute Gasteiger partial charge is 0.330 e. The average molecular weight is 411 g/mol. The Bertz CT molecular complexity index is 1350.